The fourth-order valence-electron chi connectivity index (χ4n) is 2.67. The molecule has 114 valence electrons. The number of carbonyl (C=O) groups is 1. The van der Waals surface area contributed by atoms with Crippen LogP contribution in [0.15, 0.2) is 42.5 Å². The lowest BCUT2D eigenvalue weighted by Crippen LogP contribution is -2.38. The molecule has 5 heteroatoms. The topological polar surface area (TPSA) is 75.8 Å². The number of nitrogens with two attached hydrogens (primary N) is 1. The minimum atomic E-state index is -0.910. The van der Waals surface area contributed by atoms with Crippen molar-refractivity contribution < 1.29 is 14.6 Å². The van der Waals surface area contributed by atoms with Crippen LogP contribution in [-0.2, 0) is 6.54 Å². The van der Waals surface area contributed by atoms with Crippen molar-refractivity contribution >= 4 is 17.3 Å². The van der Waals surface area contributed by atoms with Crippen LogP contribution in [0.25, 0.3) is 0 Å². The van der Waals surface area contributed by atoms with Crippen molar-refractivity contribution in [3.63, 3.8) is 0 Å². The predicted octanol–water partition coefficient (Wildman–Crippen LogP) is 2.75. The Morgan fingerprint density at radius 2 is 2.05 bits per heavy atom. The van der Waals surface area contributed by atoms with Crippen LogP contribution in [0.5, 0.6) is 5.75 Å². The Morgan fingerprint density at radius 1 is 1.32 bits per heavy atom. The van der Waals surface area contributed by atoms with Gasteiger partial charge in [0.15, 0.2) is 0 Å². The first-order valence-electron chi connectivity index (χ1n) is 7.16. The van der Waals surface area contributed by atoms with Crippen LogP contribution in [0.4, 0.5) is 11.4 Å². The van der Waals surface area contributed by atoms with E-state index in [-0.39, 0.29) is 6.10 Å². The van der Waals surface area contributed by atoms with E-state index in [4.69, 9.17) is 15.6 Å². The van der Waals surface area contributed by atoms with Gasteiger partial charge in [-0.25, -0.2) is 4.79 Å². The van der Waals surface area contributed by atoms with Crippen molar-refractivity contribution in [2.24, 2.45) is 0 Å². The van der Waals surface area contributed by atoms with E-state index in [1.165, 1.54) is 0 Å². The van der Waals surface area contributed by atoms with Crippen LogP contribution < -0.4 is 15.4 Å². The fourth-order valence-corrected chi connectivity index (χ4v) is 2.67. The number of ether oxygens (including phenoxy) is 1. The number of hydrogen-bond donors (Lipinski definition) is 2. The number of hydrogen-bond acceptors (Lipinski definition) is 4. The van der Waals surface area contributed by atoms with Crippen LogP contribution >= 0.6 is 0 Å². The zero-order chi connectivity index (χ0) is 15.7. The maximum Gasteiger partial charge on any atom is 0.335 e. The number of carboxylic acid groups (broad SMARTS) is 1. The number of rotatable bonds is 3. The Hall–Kier alpha value is -2.69. The number of fused-ring (bicyclic) bond motifs is 1. The molecule has 0 spiro atoms. The molecule has 2 aromatic rings. The van der Waals surface area contributed by atoms with E-state index in [2.05, 4.69) is 4.90 Å². The highest BCUT2D eigenvalue weighted by molar-refractivity contribution is 5.87. The Morgan fingerprint density at radius 3 is 2.73 bits per heavy atom. The van der Waals surface area contributed by atoms with E-state index in [0.29, 0.717) is 17.8 Å². The molecule has 3 N–H and O–H groups in total. The highest BCUT2D eigenvalue weighted by atomic mass is 16.5. The quantitative estimate of drug-likeness (QED) is 0.852. The van der Waals surface area contributed by atoms with Crippen molar-refractivity contribution in [3.8, 4) is 5.75 Å². The highest BCUT2D eigenvalue weighted by Gasteiger charge is 2.23. The van der Waals surface area contributed by atoms with Crippen LogP contribution in [0.2, 0.25) is 0 Å². The summed E-state index contributed by atoms with van der Waals surface area (Å²) in [6.07, 6.45) is 0.0765. The van der Waals surface area contributed by atoms with Gasteiger partial charge in [0.1, 0.15) is 11.9 Å². The maximum atomic E-state index is 10.9. The molecule has 1 atom stereocenters. The smallest absolute Gasteiger partial charge is 0.335 e. The first-order chi connectivity index (χ1) is 10.5. The number of aromatic carboxylic acids is 1. The number of benzene rings is 2. The zero-order valence-electron chi connectivity index (χ0n) is 12.3. The summed E-state index contributed by atoms with van der Waals surface area (Å²) in [6, 6.07) is 12.6. The fraction of sp³-hybridized carbons (Fsp3) is 0.235. The largest absolute Gasteiger partial charge is 0.487 e. The van der Waals surface area contributed by atoms with Crippen LogP contribution in [0.3, 0.4) is 0 Å². The van der Waals surface area contributed by atoms with Gasteiger partial charge in [-0.05, 0) is 36.8 Å². The Kier molecular flexibility index (Phi) is 3.63. The summed E-state index contributed by atoms with van der Waals surface area (Å²) in [5.41, 5.74) is 8.86. The molecule has 0 aromatic heterocycles. The summed E-state index contributed by atoms with van der Waals surface area (Å²) in [6.45, 7) is 3.49. The summed E-state index contributed by atoms with van der Waals surface area (Å²) < 4.78 is 5.83. The molecule has 1 unspecified atom stereocenters. The monoisotopic (exact) mass is 298 g/mol. The lowest BCUT2D eigenvalue weighted by Gasteiger charge is -2.35. The van der Waals surface area contributed by atoms with Gasteiger partial charge < -0.3 is 20.5 Å². The van der Waals surface area contributed by atoms with Crippen molar-refractivity contribution in [2.45, 2.75) is 19.6 Å². The molecule has 0 amide bonds. The lowest BCUT2D eigenvalue weighted by atomic mass is 10.1. The standard InChI is InChI=1S/C17H18N2O3/c1-11-9-19(15-7-6-14(18)8-16(15)22-11)10-12-2-4-13(5-3-12)17(20)21/h2-8,11H,9-10,18H2,1H3,(H,20,21). The number of nitrogens with zero attached hydrogens (tertiary/aromatic N) is 1. The molecule has 5 nitrogen and oxygen atoms in total. The van der Waals surface area contributed by atoms with Gasteiger partial charge in [-0.3, -0.25) is 0 Å². The summed E-state index contributed by atoms with van der Waals surface area (Å²) in [4.78, 5) is 13.1. The summed E-state index contributed by atoms with van der Waals surface area (Å²) in [7, 11) is 0. The Labute approximate surface area is 128 Å². The van der Waals surface area contributed by atoms with Gasteiger partial charge in [-0.2, -0.15) is 0 Å². The summed E-state index contributed by atoms with van der Waals surface area (Å²) in [5, 5.41) is 8.95. The van der Waals surface area contributed by atoms with E-state index in [1.54, 1.807) is 12.1 Å². The number of carboxylic acids is 1. The van der Waals surface area contributed by atoms with Crippen molar-refractivity contribution in [1.82, 2.24) is 0 Å². The Bertz CT molecular complexity index is 698. The number of anilines is 2. The third-order valence-corrected chi connectivity index (χ3v) is 3.70. The first kappa shape index (κ1) is 14.3. The minimum Gasteiger partial charge on any atom is -0.487 e. The van der Waals surface area contributed by atoms with Gasteiger partial charge in [-0.1, -0.05) is 12.1 Å². The third kappa shape index (κ3) is 2.83. The van der Waals surface area contributed by atoms with E-state index >= 15 is 0 Å². The maximum absolute atomic E-state index is 10.9. The van der Waals surface area contributed by atoms with Crippen molar-refractivity contribution in [2.75, 3.05) is 17.2 Å². The number of nitrogen functional groups attached to an aromatic ring is 1. The molecular weight excluding hydrogens is 280 g/mol. The molecule has 1 heterocycles. The van der Waals surface area contributed by atoms with E-state index < -0.39 is 5.97 Å². The minimum absolute atomic E-state index is 0.0765. The second-order valence-electron chi connectivity index (χ2n) is 5.54. The van der Waals surface area contributed by atoms with Gasteiger partial charge in [0.05, 0.1) is 17.8 Å². The lowest BCUT2D eigenvalue weighted by molar-refractivity contribution is 0.0697. The summed E-state index contributed by atoms with van der Waals surface area (Å²) >= 11 is 0. The molecule has 0 saturated heterocycles. The van der Waals surface area contributed by atoms with Crippen LogP contribution in [0.1, 0.15) is 22.8 Å². The van der Waals surface area contributed by atoms with Gasteiger partial charge in [0, 0.05) is 18.3 Å². The molecule has 22 heavy (non-hydrogen) atoms. The van der Waals surface area contributed by atoms with E-state index in [0.717, 1.165) is 23.5 Å². The van der Waals surface area contributed by atoms with Gasteiger partial charge >= 0.3 is 5.97 Å². The van der Waals surface area contributed by atoms with Gasteiger partial charge in [0.2, 0.25) is 0 Å². The predicted molar refractivity (Wildman–Crippen MR) is 85.4 cm³/mol. The molecule has 0 saturated carbocycles. The molecule has 0 aliphatic carbocycles. The van der Waals surface area contributed by atoms with Crippen molar-refractivity contribution in [3.05, 3.63) is 53.6 Å². The van der Waals surface area contributed by atoms with Crippen molar-refractivity contribution in [1.29, 1.82) is 0 Å². The summed E-state index contributed by atoms with van der Waals surface area (Å²) in [5.74, 6) is -0.117. The molecule has 1 aliphatic rings. The Balaban J connectivity index is 1.85. The average Bonchev–Trinajstić information content (AvgIpc) is 2.47. The SMILES string of the molecule is CC1CN(Cc2ccc(C(=O)O)cc2)c2ccc(N)cc2O1. The molecule has 0 radical (unpaired) electrons. The van der Waals surface area contributed by atoms with E-state index in [1.807, 2.05) is 37.3 Å². The molecule has 2 aromatic carbocycles. The van der Waals surface area contributed by atoms with Gasteiger partial charge in [0.25, 0.3) is 0 Å². The highest BCUT2D eigenvalue weighted by Crippen LogP contribution is 2.35. The van der Waals surface area contributed by atoms with Crippen LogP contribution in [-0.4, -0.2) is 23.7 Å². The van der Waals surface area contributed by atoms with Crippen LogP contribution in [0, 0.1) is 0 Å². The molecule has 1 aliphatic heterocycles. The van der Waals surface area contributed by atoms with E-state index in [9.17, 15) is 4.79 Å². The van der Waals surface area contributed by atoms with Gasteiger partial charge in [-0.15, -0.1) is 0 Å². The molecule has 3 rings (SSSR count). The zero-order valence-corrected chi connectivity index (χ0v) is 12.3. The molecular formula is C17H18N2O3. The molecule has 0 bridgehead atoms. The third-order valence-electron chi connectivity index (χ3n) is 3.70. The molecule has 0 fully saturated rings. The average molecular weight is 298 g/mol. The second-order valence-corrected chi connectivity index (χ2v) is 5.54. The normalized spacial score (nSPS) is 16.8. The first-order valence-corrected chi connectivity index (χ1v) is 7.16. The second kappa shape index (κ2) is 5.60.